The summed E-state index contributed by atoms with van der Waals surface area (Å²) in [5, 5.41) is 14.8. The Kier molecular flexibility index (Phi) is 5.10. The first-order valence-electron chi connectivity index (χ1n) is 10.3. The van der Waals surface area contributed by atoms with Gasteiger partial charge in [-0.15, -0.1) is 11.3 Å². The van der Waals surface area contributed by atoms with Crippen LogP contribution >= 0.6 is 11.3 Å². The second-order valence-corrected chi connectivity index (χ2v) is 9.05. The number of thiophene rings is 1. The number of nitrogen functional groups attached to an aromatic ring is 1. The molecule has 0 aliphatic carbocycles. The van der Waals surface area contributed by atoms with Gasteiger partial charge in [0.15, 0.2) is 5.82 Å². The van der Waals surface area contributed by atoms with E-state index in [-0.39, 0.29) is 0 Å². The fraction of sp³-hybridized carbons (Fsp3) is 0.318. The zero-order valence-electron chi connectivity index (χ0n) is 17.9. The molecule has 5 rings (SSSR count). The summed E-state index contributed by atoms with van der Waals surface area (Å²) in [5.74, 6) is 1.29. The van der Waals surface area contributed by atoms with Crippen molar-refractivity contribution in [1.29, 1.82) is 0 Å². The standard InChI is InChI=1S/C22H24N6O3S/c1-13-7-14-9-18(32-20(14)17(8-13)31-2)16-10-15(28-19(16)21(23)24-12-25-28)11-26-3-5-27(6-4-26)22(29)30/h7-10,12H,3-6,11H2,1-2H3,(H,29,30)(H2,23,24,25). The van der Waals surface area contributed by atoms with Crippen molar-refractivity contribution in [1.82, 2.24) is 24.4 Å². The third kappa shape index (κ3) is 3.51. The smallest absolute Gasteiger partial charge is 0.407 e. The molecule has 32 heavy (non-hydrogen) atoms. The minimum atomic E-state index is -0.865. The van der Waals surface area contributed by atoms with Gasteiger partial charge in [-0.3, -0.25) is 4.90 Å². The first kappa shape index (κ1) is 20.5. The zero-order valence-corrected chi connectivity index (χ0v) is 18.7. The van der Waals surface area contributed by atoms with E-state index in [2.05, 4.69) is 40.1 Å². The molecule has 0 spiro atoms. The summed E-state index contributed by atoms with van der Waals surface area (Å²) in [6.45, 7) is 5.05. The van der Waals surface area contributed by atoms with E-state index in [4.69, 9.17) is 10.5 Å². The molecule has 3 N–H and O–H groups in total. The molecule has 4 aromatic rings. The maximum Gasteiger partial charge on any atom is 0.407 e. The number of rotatable bonds is 4. The van der Waals surface area contributed by atoms with E-state index >= 15 is 0 Å². The molecule has 1 fully saturated rings. The summed E-state index contributed by atoms with van der Waals surface area (Å²) < 4.78 is 8.55. The lowest BCUT2D eigenvalue weighted by Crippen LogP contribution is -2.47. The Labute approximate surface area is 188 Å². The molecule has 1 aromatic carbocycles. The molecule has 0 unspecified atom stereocenters. The number of carbonyl (C=O) groups is 1. The number of methoxy groups -OCH3 is 1. The Balaban J connectivity index is 1.55. The molecule has 1 aliphatic rings. The van der Waals surface area contributed by atoms with Crippen molar-refractivity contribution in [2.75, 3.05) is 39.0 Å². The Morgan fingerprint density at radius 2 is 2.00 bits per heavy atom. The number of carboxylic acid groups (broad SMARTS) is 1. The van der Waals surface area contributed by atoms with E-state index in [0.29, 0.717) is 38.5 Å². The minimum absolute atomic E-state index is 0.428. The highest BCUT2D eigenvalue weighted by Crippen LogP contribution is 2.42. The predicted octanol–water partition coefficient (Wildman–Crippen LogP) is 3.31. The number of ether oxygens (including phenoxy) is 1. The van der Waals surface area contributed by atoms with Crippen LogP contribution in [0.25, 0.3) is 26.0 Å². The van der Waals surface area contributed by atoms with Crippen LogP contribution < -0.4 is 10.5 Å². The fourth-order valence-electron chi connectivity index (χ4n) is 4.31. The van der Waals surface area contributed by atoms with Crippen LogP contribution in [0, 0.1) is 6.92 Å². The monoisotopic (exact) mass is 452 g/mol. The summed E-state index contributed by atoms with van der Waals surface area (Å²) in [6.07, 6.45) is 0.603. The quantitative estimate of drug-likeness (QED) is 0.489. The van der Waals surface area contributed by atoms with Crippen LogP contribution in [0.3, 0.4) is 0 Å². The van der Waals surface area contributed by atoms with Gasteiger partial charge in [0, 0.05) is 43.2 Å². The van der Waals surface area contributed by atoms with Crippen molar-refractivity contribution in [3.63, 3.8) is 0 Å². The van der Waals surface area contributed by atoms with Gasteiger partial charge in [-0.05, 0) is 36.1 Å². The average Bonchev–Trinajstić information content (AvgIpc) is 3.36. The van der Waals surface area contributed by atoms with Crippen LogP contribution in [0.2, 0.25) is 0 Å². The maximum atomic E-state index is 11.2. The summed E-state index contributed by atoms with van der Waals surface area (Å²) in [7, 11) is 1.69. The molecule has 0 saturated carbocycles. The van der Waals surface area contributed by atoms with Crippen LogP contribution in [-0.2, 0) is 6.54 Å². The SMILES string of the molecule is COc1cc(C)cc2cc(-c3cc(CN4CCN(C(=O)O)CC4)n4ncnc(N)c34)sc12. The van der Waals surface area contributed by atoms with E-state index in [0.717, 1.165) is 43.1 Å². The summed E-state index contributed by atoms with van der Waals surface area (Å²) >= 11 is 1.66. The van der Waals surface area contributed by atoms with E-state index in [1.807, 2.05) is 10.6 Å². The van der Waals surface area contributed by atoms with Crippen LogP contribution in [0.15, 0.2) is 30.6 Å². The molecular weight excluding hydrogens is 428 g/mol. The second-order valence-electron chi connectivity index (χ2n) is 8.00. The normalized spacial score (nSPS) is 15.0. The van der Waals surface area contributed by atoms with Crippen molar-refractivity contribution in [3.05, 3.63) is 41.9 Å². The number of hydrogen-bond acceptors (Lipinski definition) is 7. The van der Waals surface area contributed by atoms with Crippen LogP contribution in [0.1, 0.15) is 11.3 Å². The fourth-order valence-corrected chi connectivity index (χ4v) is 5.46. The van der Waals surface area contributed by atoms with Gasteiger partial charge in [-0.1, -0.05) is 6.07 Å². The van der Waals surface area contributed by atoms with Gasteiger partial charge < -0.3 is 20.5 Å². The van der Waals surface area contributed by atoms with Crippen molar-refractivity contribution in [2.24, 2.45) is 0 Å². The molecule has 0 radical (unpaired) electrons. The van der Waals surface area contributed by atoms with E-state index < -0.39 is 6.09 Å². The number of hydrogen-bond donors (Lipinski definition) is 2. The molecule has 10 heteroatoms. The number of aryl methyl sites for hydroxylation is 1. The number of nitrogens with two attached hydrogens (primary N) is 1. The maximum absolute atomic E-state index is 11.2. The summed E-state index contributed by atoms with van der Waals surface area (Å²) in [5.41, 5.74) is 10.2. The molecule has 1 saturated heterocycles. The Morgan fingerprint density at radius 1 is 1.22 bits per heavy atom. The van der Waals surface area contributed by atoms with Gasteiger partial charge in [-0.25, -0.2) is 14.3 Å². The molecule has 0 bridgehead atoms. The second kappa shape index (κ2) is 7.95. The largest absolute Gasteiger partial charge is 0.495 e. The van der Waals surface area contributed by atoms with Crippen LogP contribution in [-0.4, -0.2) is 68.9 Å². The lowest BCUT2D eigenvalue weighted by atomic mass is 10.1. The Hall–Kier alpha value is -3.37. The molecular formula is C22H24N6O3S. The van der Waals surface area contributed by atoms with Gasteiger partial charge in [-0.2, -0.15) is 5.10 Å². The first-order valence-corrected chi connectivity index (χ1v) is 11.2. The lowest BCUT2D eigenvalue weighted by molar-refractivity contribution is 0.102. The van der Waals surface area contributed by atoms with Crippen molar-refractivity contribution in [2.45, 2.75) is 13.5 Å². The van der Waals surface area contributed by atoms with Gasteiger partial charge in [0.2, 0.25) is 0 Å². The van der Waals surface area contributed by atoms with Crippen LogP contribution in [0.5, 0.6) is 5.75 Å². The van der Waals surface area contributed by atoms with Gasteiger partial charge >= 0.3 is 6.09 Å². The predicted molar refractivity (Wildman–Crippen MR) is 124 cm³/mol. The third-order valence-electron chi connectivity index (χ3n) is 5.90. The summed E-state index contributed by atoms with van der Waals surface area (Å²) in [4.78, 5) is 20.2. The molecule has 0 atom stereocenters. The molecule has 9 nitrogen and oxygen atoms in total. The van der Waals surface area contributed by atoms with Crippen molar-refractivity contribution >= 4 is 38.9 Å². The Bertz CT molecular complexity index is 1320. The number of benzene rings is 1. The number of anilines is 1. The average molecular weight is 453 g/mol. The van der Waals surface area contributed by atoms with Crippen LogP contribution in [0.4, 0.5) is 10.6 Å². The van der Waals surface area contributed by atoms with Crippen molar-refractivity contribution < 1.29 is 14.6 Å². The summed E-state index contributed by atoms with van der Waals surface area (Å²) in [6, 6.07) is 8.47. The molecule has 1 aliphatic heterocycles. The van der Waals surface area contributed by atoms with E-state index in [1.54, 1.807) is 18.4 Å². The minimum Gasteiger partial charge on any atom is -0.495 e. The van der Waals surface area contributed by atoms with Gasteiger partial charge in [0.1, 0.15) is 17.6 Å². The molecule has 4 heterocycles. The topological polar surface area (TPSA) is 109 Å². The Morgan fingerprint density at radius 3 is 2.72 bits per heavy atom. The number of fused-ring (bicyclic) bond motifs is 2. The first-order chi connectivity index (χ1) is 15.4. The van der Waals surface area contributed by atoms with Crippen molar-refractivity contribution in [3.8, 4) is 16.2 Å². The highest BCUT2D eigenvalue weighted by Gasteiger charge is 2.23. The van der Waals surface area contributed by atoms with E-state index in [9.17, 15) is 9.90 Å². The third-order valence-corrected chi connectivity index (χ3v) is 7.10. The number of amides is 1. The highest BCUT2D eigenvalue weighted by atomic mass is 32.1. The molecule has 1 amide bonds. The van der Waals surface area contributed by atoms with E-state index in [1.165, 1.54) is 11.2 Å². The highest BCUT2D eigenvalue weighted by molar-refractivity contribution is 7.22. The number of piperazine rings is 1. The van der Waals surface area contributed by atoms with Gasteiger partial charge in [0.05, 0.1) is 17.5 Å². The zero-order chi connectivity index (χ0) is 22.4. The molecule has 166 valence electrons. The lowest BCUT2D eigenvalue weighted by Gasteiger charge is -2.32. The number of aromatic nitrogens is 3. The number of nitrogens with zero attached hydrogens (tertiary/aromatic N) is 5. The van der Waals surface area contributed by atoms with Gasteiger partial charge in [0.25, 0.3) is 0 Å². The molecule has 3 aromatic heterocycles.